The number of hydrogen-bond acceptors (Lipinski definition) is 3. The number of benzene rings is 1. The summed E-state index contributed by atoms with van der Waals surface area (Å²) < 4.78 is 5.99. The van der Waals surface area contributed by atoms with Crippen LogP contribution in [0, 0.1) is 0 Å². The molecule has 0 aliphatic carbocycles. The molecule has 2 nitrogen and oxygen atoms in total. The van der Waals surface area contributed by atoms with E-state index in [2.05, 4.69) is 44.4 Å². The minimum atomic E-state index is -0.0636. The van der Waals surface area contributed by atoms with Gasteiger partial charge in [0.2, 0.25) is 0 Å². The van der Waals surface area contributed by atoms with Gasteiger partial charge < -0.3 is 10.5 Å². The maximum Gasteiger partial charge on any atom is 0.137 e. The molecule has 108 valence electrons. The average molecular weight is 289 g/mol. The molecule has 2 aromatic rings. The summed E-state index contributed by atoms with van der Waals surface area (Å²) >= 11 is 1.67. The summed E-state index contributed by atoms with van der Waals surface area (Å²) in [7, 11) is 0. The molecule has 0 saturated heterocycles. The van der Waals surface area contributed by atoms with Gasteiger partial charge in [0.05, 0.1) is 0 Å². The summed E-state index contributed by atoms with van der Waals surface area (Å²) in [5.41, 5.74) is 8.51. The fourth-order valence-electron chi connectivity index (χ4n) is 2.06. The van der Waals surface area contributed by atoms with E-state index in [0.29, 0.717) is 6.54 Å². The van der Waals surface area contributed by atoms with Gasteiger partial charge in [-0.3, -0.25) is 0 Å². The third-order valence-corrected chi connectivity index (χ3v) is 4.63. The Morgan fingerprint density at radius 3 is 2.40 bits per heavy atom. The Morgan fingerprint density at radius 1 is 1.20 bits per heavy atom. The van der Waals surface area contributed by atoms with Crippen LogP contribution in [0.1, 0.15) is 44.4 Å². The molecule has 0 saturated carbocycles. The Labute approximate surface area is 125 Å². The Kier molecular flexibility index (Phi) is 4.84. The van der Waals surface area contributed by atoms with E-state index in [4.69, 9.17) is 10.5 Å². The monoisotopic (exact) mass is 289 g/mol. The van der Waals surface area contributed by atoms with Crippen LogP contribution in [0.4, 0.5) is 0 Å². The quantitative estimate of drug-likeness (QED) is 0.849. The van der Waals surface area contributed by atoms with Gasteiger partial charge in [0.25, 0.3) is 0 Å². The second-order valence-corrected chi connectivity index (χ2v) is 6.44. The van der Waals surface area contributed by atoms with Crippen molar-refractivity contribution >= 4 is 11.3 Å². The van der Waals surface area contributed by atoms with E-state index in [-0.39, 0.29) is 11.5 Å². The van der Waals surface area contributed by atoms with Gasteiger partial charge in [0.1, 0.15) is 11.9 Å². The first kappa shape index (κ1) is 15.1. The maximum absolute atomic E-state index is 5.99. The van der Waals surface area contributed by atoms with Gasteiger partial charge in [-0.15, -0.1) is 0 Å². The number of nitrogens with two attached hydrogens (primary N) is 1. The number of hydrogen-bond donors (Lipinski definition) is 1. The Balaban J connectivity index is 2.11. The van der Waals surface area contributed by atoms with E-state index in [1.165, 1.54) is 5.56 Å². The van der Waals surface area contributed by atoms with E-state index in [1.807, 2.05) is 17.5 Å². The molecule has 0 fully saturated rings. The predicted molar refractivity (Wildman–Crippen MR) is 86.5 cm³/mol. The smallest absolute Gasteiger partial charge is 0.137 e. The van der Waals surface area contributed by atoms with E-state index in [1.54, 1.807) is 11.3 Å². The molecule has 0 amide bonds. The van der Waals surface area contributed by atoms with Crippen molar-refractivity contribution in [3.8, 4) is 5.75 Å². The summed E-state index contributed by atoms with van der Waals surface area (Å²) in [5, 5.41) is 4.14. The lowest BCUT2D eigenvalue weighted by molar-refractivity contribution is 0.214. The summed E-state index contributed by atoms with van der Waals surface area (Å²) in [4.78, 5) is 0. The van der Waals surface area contributed by atoms with Crippen LogP contribution >= 0.6 is 11.3 Å². The first-order valence-corrected chi connectivity index (χ1v) is 8.00. The normalized spacial score (nSPS) is 13.2. The molecule has 2 rings (SSSR count). The molecule has 0 bridgehead atoms. The molecular formula is C17H23NOS. The average Bonchev–Trinajstić information content (AvgIpc) is 2.99. The van der Waals surface area contributed by atoms with Gasteiger partial charge in [-0.25, -0.2) is 0 Å². The zero-order valence-corrected chi connectivity index (χ0v) is 13.2. The fourth-order valence-corrected chi connectivity index (χ4v) is 2.77. The van der Waals surface area contributed by atoms with Crippen LogP contribution in [0.15, 0.2) is 41.1 Å². The van der Waals surface area contributed by atoms with Crippen LogP contribution in [0.5, 0.6) is 5.75 Å². The van der Waals surface area contributed by atoms with Crippen molar-refractivity contribution in [2.45, 2.75) is 38.7 Å². The SMILES string of the molecule is CCC(C)(C)c1ccc(OC(CN)c2ccsc2)cc1. The van der Waals surface area contributed by atoms with Crippen molar-refractivity contribution in [1.82, 2.24) is 0 Å². The van der Waals surface area contributed by atoms with Gasteiger partial charge in [-0.2, -0.15) is 11.3 Å². The van der Waals surface area contributed by atoms with Crippen LogP contribution in [0.2, 0.25) is 0 Å². The molecule has 0 aliphatic heterocycles. The highest BCUT2D eigenvalue weighted by Gasteiger charge is 2.18. The lowest BCUT2D eigenvalue weighted by Gasteiger charge is -2.24. The van der Waals surface area contributed by atoms with Crippen molar-refractivity contribution in [3.63, 3.8) is 0 Å². The molecule has 0 radical (unpaired) electrons. The topological polar surface area (TPSA) is 35.2 Å². The van der Waals surface area contributed by atoms with Crippen molar-refractivity contribution in [2.75, 3.05) is 6.54 Å². The fraction of sp³-hybridized carbons (Fsp3) is 0.412. The van der Waals surface area contributed by atoms with Gasteiger partial charge in [-0.1, -0.05) is 32.9 Å². The van der Waals surface area contributed by atoms with Gasteiger partial charge in [0, 0.05) is 12.1 Å². The maximum atomic E-state index is 5.99. The van der Waals surface area contributed by atoms with Crippen molar-refractivity contribution in [3.05, 3.63) is 52.2 Å². The van der Waals surface area contributed by atoms with Crippen LogP contribution < -0.4 is 10.5 Å². The molecule has 1 aromatic heterocycles. The number of thiophene rings is 1. The molecular weight excluding hydrogens is 266 g/mol. The highest BCUT2D eigenvalue weighted by molar-refractivity contribution is 7.07. The van der Waals surface area contributed by atoms with Crippen LogP contribution in [0.25, 0.3) is 0 Å². The minimum Gasteiger partial charge on any atom is -0.484 e. The van der Waals surface area contributed by atoms with Crippen molar-refractivity contribution in [1.29, 1.82) is 0 Å². The lowest BCUT2D eigenvalue weighted by atomic mass is 9.82. The zero-order valence-electron chi connectivity index (χ0n) is 12.4. The van der Waals surface area contributed by atoms with E-state index >= 15 is 0 Å². The third kappa shape index (κ3) is 3.41. The Morgan fingerprint density at radius 2 is 1.90 bits per heavy atom. The van der Waals surface area contributed by atoms with Crippen LogP contribution in [-0.2, 0) is 5.41 Å². The third-order valence-electron chi connectivity index (χ3n) is 3.93. The molecule has 20 heavy (non-hydrogen) atoms. The predicted octanol–water partition coefficient (Wildman–Crippen LogP) is 4.51. The highest BCUT2D eigenvalue weighted by Crippen LogP contribution is 2.29. The largest absolute Gasteiger partial charge is 0.484 e. The molecule has 1 unspecified atom stereocenters. The molecule has 2 N–H and O–H groups in total. The standard InChI is InChI=1S/C17H23NOS/c1-4-17(2,3)14-5-7-15(8-6-14)19-16(11-18)13-9-10-20-12-13/h5-10,12,16H,4,11,18H2,1-3H3. The first-order valence-electron chi connectivity index (χ1n) is 7.06. The molecule has 3 heteroatoms. The second kappa shape index (κ2) is 6.42. The second-order valence-electron chi connectivity index (χ2n) is 5.66. The number of rotatable bonds is 6. The van der Waals surface area contributed by atoms with Crippen molar-refractivity contribution < 1.29 is 4.74 Å². The summed E-state index contributed by atoms with van der Waals surface area (Å²) in [5.74, 6) is 0.877. The lowest BCUT2D eigenvalue weighted by Crippen LogP contribution is -2.18. The molecule has 1 atom stereocenters. The molecule has 0 spiro atoms. The van der Waals surface area contributed by atoms with Crippen molar-refractivity contribution in [2.24, 2.45) is 5.73 Å². The van der Waals surface area contributed by atoms with E-state index in [0.717, 1.165) is 17.7 Å². The van der Waals surface area contributed by atoms with Crippen LogP contribution in [-0.4, -0.2) is 6.54 Å². The highest BCUT2D eigenvalue weighted by atomic mass is 32.1. The summed E-state index contributed by atoms with van der Waals surface area (Å²) in [6.45, 7) is 7.22. The molecule has 0 aliphatic rings. The number of ether oxygens (including phenoxy) is 1. The van der Waals surface area contributed by atoms with Gasteiger partial charge in [0.15, 0.2) is 0 Å². The summed E-state index contributed by atoms with van der Waals surface area (Å²) in [6.07, 6.45) is 1.05. The Bertz CT molecular complexity index is 516. The zero-order chi connectivity index (χ0) is 14.6. The first-order chi connectivity index (χ1) is 9.56. The molecule has 1 aromatic carbocycles. The van der Waals surface area contributed by atoms with Gasteiger partial charge in [-0.05, 0) is 46.4 Å². The van der Waals surface area contributed by atoms with E-state index in [9.17, 15) is 0 Å². The molecule has 1 heterocycles. The summed E-state index contributed by atoms with van der Waals surface area (Å²) in [6, 6.07) is 10.5. The van der Waals surface area contributed by atoms with Gasteiger partial charge >= 0.3 is 0 Å². The van der Waals surface area contributed by atoms with E-state index < -0.39 is 0 Å². The minimum absolute atomic E-state index is 0.0636. The van der Waals surface area contributed by atoms with Crippen LogP contribution in [0.3, 0.4) is 0 Å². The Hall–Kier alpha value is -1.32.